The Hall–Kier alpha value is -0.530. The summed E-state index contributed by atoms with van der Waals surface area (Å²) in [6.07, 6.45) is 0.0880. The summed E-state index contributed by atoms with van der Waals surface area (Å²) in [6, 6.07) is 0. The molecule has 1 radical (unpaired) electrons. The van der Waals surface area contributed by atoms with Crippen molar-refractivity contribution in [2.24, 2.45) is 0 Å². The van der Waals surface area contributed by atoms with E-state index in [0.717, 1.165) is 0 Å². The molecule has 0 aromatic rings. The molecule has 41 valence electrons. The maximum absolute atomic E-state index is 6.69. The predicted molar refractivity (Wildman–Crippen MR) is 29.3 cm³/mol. The van der Waals surface area contributed by atoms with Gasteiger partial charge in [-0.2, -0.15) is 0 Å². The van der Waals surface area contributed by atoms with Crippen molar-refractivity contribution in [1.29, 1.82) is 5.41 Å². The van der Waals surface area contributed by atoms with Crippen molar-refractivity contribution >= 4 is 5.90 Å². The first-order chi connectivity index (χ1) is 3.13. The Morgan fingerprint density at radius 3 is 2.14 bits per heavy atom. The van der Waals surface area contributed by atoms with E-state index in [4.69, 9.17) is 10.1 Å². The number of hydrogen-bond acceptors (Lipinski definition) is 2. The van der Waals surface area contributed by atoms with Crippen LogP contribution in [0.3, 0.4) is 0 Å². The average Bonchev–Trinajstić information content (AvgIpc) is 1.27. The molecule has 0 atom stereocenters. The van der Waals surface area contributed by atoms with Crippen LogP contribution in [-0.4, -0.2) is 12.0 Å². The van der Waals surface area contributed by atoms with E-state index in [2.05, 4.69) is 6.92 Å². The molecule has 2 heteroatoms. The summed E-state index contributed by atoms with van der Waals surface area (Å²) >= 11 is 0. The molecular weight excluding hydrogens is 90.1 g/mol. The maximum atomic E-state index is 6.69. The Kier molecular flexibility index (Phi) is 2.41. The van der Waals surface area contributed by atoms with Crippen LogP contribution >= 0.6 is 0 Å². The molecule has 0 saturated carbocycles. The quantitative estimate of drug-likeness (QED) is 0.390. The number of rotatable bonds is 1. The first-order valence-electron chi connectivity index (χ1n) is 2.20. The lowest BCUT2D eigenvalue weighted by Crippen LogP contribution is -2.06. The van der Waals surface area contributed by atoms with Crippen LogP contribution in [0.1, 0.15) is 13.8 Å². The van der Waals surface area contributed by atoms with E-state index >= 15 is 0 Å². The second kappa shape index (κ2) is 2.61. The van der Waals surface area contributed by atoms with Gasteiger partial charge in [0, 0.05) is 6.92 Å². The van der Waals surface area contributed by atoms with E-state index in [0.29, 0.717) is 0 Å². The SMILES string of the molecule is [CH2]C(=N)OC(C)C. The zero-order chi connectivity index (χ0) is 5.86. The highest BCUT2D eigenvalue weighted by atomic mass is 16.5. The summed E-state index contributed by atoms with van der Waals surface area (Å²) < 4.78 is 4.72. The van der Waals surface area contributed by atoms with Crippen molar-refractivity contribution in [3.63, 3.8) is 0 Å². The smallest absolute Gasteiger partial charge is 0.181 e. The van der Waals surface area contributed by atoms with E-state index in [1.807, 2.05) is 13.8 Å². The number of hydrogen-bond donors (Lipinski definition) is 1. The van der Waals surface area contributed by atoms with Gasteiger partial charge in [0.2, 0.25) is 0 Å². The van der Waals surface area contributed by atoms with Gasteiger partial charge in [0.15, 0.2) is 5.90 Å². The second-order valence-electron chi connectivity index (χ2n) is 1.59. The van der Waals surface area contributed by atoms with Gasteiger partial charge in [-0.15, -0.1) is 0 Å². The molecule has 7 heavy (non-hydrogen) atoms. The van der Waals surface area contributed by atoms with Crippen molar-refractivity contribution in [2.75, 3.05) is 0 Å². The fourth-order valence-electron chi connectivity index (χ4n) is 0.285. The van der Waals surface area contributed by atoms with Crippen LogP contribution < -0.4 is 0 Å². The molecule has 0 aromatic carbocycles. The number of nitrogens with one attached hydrogen (secondary N) is 1. The number of ether oxygens (including phenoxy) is 1. The summed E-state index contributed by atoms with van der Waals surface area (Å²) in [6.45, 7) is 6.96. The lowest BCUT2D eigenvalue weighted by molar-refractivity contribution is 0.228. The minimum atomic E-state index is 0.0370. The van der Waals surface area contributed by atoms with Gasteiger partial charge < -0.3 is 4.74 Å². The van der Waals surface area contributed by atoms with E-state index in [1.54, 1.807) is 0 Å². The minimum absolute atomic E-state index is 0.0370. The zero-order valence-corrected chi connectivity index (χ0v) is 4.69. The van der Waals surface area contributed by atoms with Crippen molar-refractivity contribution in [3.8, 4) is 0 Å². The lowest BCUT2D eigenvalue weighted by Gasteiger charge is -2.04. The molecule has 2 nitrogen and oxygen atoms in total. The monoisotopic (exact) mass is 100 g/mol. The fraction of sp³-hybridized carbons (Fsp3) is 0.600. The van der Waals surface area contributed by atoms with E-state index in [-0.39, 0.29) is 12.0 Å². The molecule has 0 fully saturated rings. The predicted octanol–water partition coefficient (Wildman–Crippen LogP) is 1.22. The molecule has 0 bridgehead atoms. The van der Waals surface area contributed by atoms with Gasteiger partial charge in [0.05, 0.1) is 6.10 Å². The van der Waals surface area contributed by atoms with Crippen molar-refractivity contribution in [3.05, 3.63) is 6.92 Å². The highest BCUT2D eigenvalue weighted by Gasteiger charge is 1.90. The molecule has 0 heterocycles. The molecule has 0 rings (SSSR count). The van der Waals surface area contributed by atoms with Crippen molar-refractivity contribution < 1.29 is 4.74 Å². The van der Waals surface area contributed by atoms with Crippen LogP contribution in [0.4, 0.5) is 0 Å². The normalized spacial score (nSPS) is 9.14. The van der Waals surface area contributed by atoms with Crippen LogP contribution in [0, 0.1) is 12.3 Å². The summed E-state index contributed by atoms with van der Waals surface area (Å²) in [5.41, 5.74) is 0. The Balaban J connectivity index is 3.13. The molecular formula is C5H10NO. The highest BCUT2D eigenvalue weighted by Crippen LogP contribution is 1.85. The first-order valence-corrected chi connectivity index (χ1v) is 2.20. The van der Waals surface area contributed by atoms with Gasteiger partial charge in [-0.05, 0) is 13.8 Å². The summed E-state index contributed by atoms with van der Waals surface area (Å²) in [7, 11) is 0. The average molecular weight is 100 g/mol. The van der Waals surface area contributed by atoms with Gasteiger partial charge in [0.25, 0.3) is 0 Å². The maximum Gasteiger partial charge on any atom is 0.181 e. The van der Waals surface area contributed by atoms with Gasteiger partial charge in [-0.1, -0.05) is 0 Å². The van der Waals surface area contributed by atoms with Gasteiger partial charge in [0.1, 0.15) is 0 Å². The molecule has 0 spiro atoms. The van der Waals surface area contributed by atoms with Crippen LogP contribution in [0.25, 0.3) is 0 Å². The standard InChI is InChI=1S/C5H10NO/c1-4(2)7-5(3)6/h4,6H,3H2,1-2H3. The molecule has 0 unspecified atom stereocenters. The summed E-state index contributed by atoms with van der Waals surface area (Å²) in [5.74, 6) is 0.0370. The summed E-state index contributed by atoms with van der Waals surface area (Å²) in [4.78, 5) is 0. The van der Waals surface area contributed by atoms with Crippen molar-refractivity contribution in [1.82, 2.24) is 0 Å². The van der Waals surface area contributed by atoms with Gasteiger partial charge in [-0.25, -0.2) is 0 Å². The molecule has 0 aliphatic heterocycles. The van der Waals surface area contributed by atoms with Crippen LogP contribution in [-0.2, 0) is 4.74 Å². The molecule has 0 amide bonds. The summed E-state index contributed by atoms with van der Waals surface area (Å²) in [5, 5.41) is 6.69. The second-order valence-corrected chi connectivity index (χ2v) is 1.59. The molecule has 0 aliphatic rings. The Bertz CT molecular complexity index is 68.5. The highest BCUT2D eigenvalue weighted by molar-refractivity contribution is 5.76. The topological polar surface area (TPSA) is 33.1 Å². The largest absolute Gasteiger partial charge is 0.478 e. The Labute approximate surface area is 44.0 Å². The zero-order valence-electron chi connectivity index (χ0n) is 4.69. The van der Waals surface area contributed by atoms with Gasteiger partial charge in [-0.3, -0.25) is 5.41 Å². The van der Waals surface area contributed by atoms with Crippen molar-refractivity contribution in [2.45, 2.75) is 20.0 Å². The third-order valence-corrected chi connectivity index (χ3v) is 0.378. The first kappa shape index (κ1) is 6.47. The molecule has 0 saturated heterocycles. The lowest BCUT2D eigenvalue weighted by atomic mass is 10.5. The van der Waals surface area contributed by atoms with Gasteiger partial charge >= 0.3 is 0 Å². The molecule has 1 N–H and O–H groups in total. The van der Waals surface area contributed by atoms with Crippen LogP contribution in [0.5, 0.6) is 0 Å². The third kappa shape index (κ3) is 5.47. The Morgan fingerprint density at radius 1 is 1.71 bits per heavy atom. The minimum Gasteiger partial charge on any atom is -0.478 e. The molecule has 0 aliphatic carbocycles. The van der Waals surface area contributed by atoms with Crippen LogP contribution in [0.15, 0.2) is 0 Å². The third-order valence-electron chi connectivity index (χ3n) is 0.378. The van der Waals surface area contributed by atoms with E-state index < -0.39 is 0 Å². The fourth-order valence-corrected chi connectivity index (χ4v) is 0.285. The molecule has 0 aromatic heterocycles. The van der Waals surface area contributed by atoms with E-state index in [9.17, 15) is 0 Å². The van der Waals surface area contributed by atoms with Crippen LogP contribution in [0.2, 0.25) is 0 Å². The van der Waals surface area contributed by atoms with E-state index in [1.165, 1.54) is 0 Å². The Morgan fingerprint density at radius 2 is 2.14 bits per heavy atom.